The zero-order valence-corrected chi connectivity index (χ0v) is 12.5. The number of ketones is 2. The number of Topliss-reactive ketones (excluding diaryl/α,β-unsaturated/α-hetero) is 2. The van der Waals surface area contributed by atoms with Gasteiger partial charge in [-0.15, -0.1) is 11.3 Å². The highest BCUT2D eigenvalue weighted by Crippen LogP contribution is 2.26. The zero-order valence-electron chi connectivity index (χ0n) is 11.7. The number of aryl methyl sites for hydroxylation is 1. The molecule has 0 aliphatic carbocycles. The van der Waals surface area contributed by atoms with Crippen LogP contribution in [-0.2, 0) is 9.59 Å². The summed E-state index contributed by atoms with van der Waals surface area (Å²) in [5, 5.41) is 0.212. The predicted octanol–water partition coefficient (Wildman–Crippen LogP) is 0.584. The molecular weight excluding hydrogens is 294 g/mol. The van der Waals surface area contributed by atoms with Crippen molar-refractivity contribution in [3.63, 3.8) is 0 Å². The number of amides is 1. The van der Waals surface area contributed by atoms with Gasteiger partial charge in [0.25, 0.3) is 11.5 Å². The van der Waals surface area contributed by atoms with E-state index in [1.165, 1.54) is 13.8 Å². The normalized spacial score (nSPS) is 11.0. The van der Waals surface area contributed by atoms with Crippen molar-refractivity contribution in [1.82, 2.24) is 9.55 Å². The van der Waals surface area contributed by atoms with Gasteiger partial charge in [-0.3, -0.25) is 23.7 Å². The van der Waals surface area contributed by atoms with Crippen LogP contribution in [0, 0.1) is 6.92 Å². The Kier molecular flexibility index (Phi) is 3.73. The molecule has 0 saturated heterocycles. The van der Waals surface area contributed by atoms with Crippen molar-refractivity contribution in [2.24, 2.45) is 5.73 Å². The smallest absolute Gasteiger partial charge is 0.263 e. The first-order valence-corrected chi connectivity index (χ1v) is 6.88. The number of hydrogen-bond acceptors (Lipinski definition) is 6. The SMILES string of the molecule is CC(=O)C(C(C)=O)n1cnc2sc(C(N)=O)c(C)c2c1=O. The molecule has 0 bridgehead atoms. The average molecular weight is 307 g/mol. The Morgan fingerprint density at radius 1 is 1.29 bits per heavy atom. The van der Waals surface area contributed by atoms with Crippen LogP contribution in [0.5, 0.6) is 0 Å². The van der Waals surface area contributed by atoms with E-state index in [-0.39, 0.29) is 10.3 Å². The van der Waals surface area contributed by atoms with E-state index < -0.39 is 29.1 Å². The fourth-order valence-electron chi connectivity index (χ4n) is 2.23. The van der Waals surface area contributed by atoms with Crippen molar-refractivity contribution in [1.29, 1.82) is 0 Å². The molecule has 0 unspecified atom stereocenters. The maximum absolute atomic E-state index is 12.5. The molecule has 2 N–H and O–H groups in total. The molecule has 2 aromatic rings. The van der Waals surface area contributed by atoms with E-state index >= 15 is 0 Å². The molecule has 0 saturated carbocycles. The second-order valence-corrected chi connectivity index (χ2v) is 5.68. The minimum absolute atomic E-state index is 0.212. The molecule has 0 aliphatic heterocycles. The molecule has 0 fully saturated rings. The van der Waals surface area contributed by atoms with Gasteiger partial charge in [0.15, 0.2) is 17.6 Å². The molecule has 1 amide bonds. The van der Waals surface area contributed by atoms with Crippen molar-refractivity contribution in [2.45, 2.75) is 26.8 Å². The van der Waals surface area contributed by atoms with E-state index in [9.17, 15) is 19.2 Å². The van der Waals surface area contributed by atoms with Crippen molar-refractivity contribution in [3.05, 3.63) is 27.1 Å². The molecule has 21 heavy (non-hydrogen) atoms. The Morgan fingerprint density at radius 2 is 1.86 bits per heavy atom. The van der Waals surface area contributed by atoms with Gasteiger partial charge in [0, 0.05) is 0 Å². The van der Waals surface area contributed by atoms with Crippen LogP contribution in [0.1, 0.15) is 35.1 Å². The summed E-state index contributed by atoms with van der Waals surface area (Å²) in [4.78, 5) is 51.7. The largest absolute Gasteiger partial charge is 0.365 e. The Labute approximate surface area is 123 Å². The number of nitrogens with two attached hydrogens (primary N) is 1. The number of carbonyl (C=O) groups is 3. The van der Waals surface area contributed by atoms with E-state index in [4.69, 9.17) is 5.73 Å². The molecule has 0 aliphatic rings. The standard InChI is InChI=1S/C13H13N3O4S/c1-5-8-12(21-10(5)11(14)19)15-4-16(13(8)20)9(6(2)17)7(3)18/h4,9H,1-3H3,(H2,14,19). The number of hydrogen-bond donors (Lipinski definition) is 1. The van der Waals surface area contributed by atoms with E-state index in [1.807, 2.05) is 0 Å². The number of rotatable bonds is 4. The maximum atomic E-state index is 12.5. The first-order chi connectivity index (χ1) is 9.75. The average Bonchev–Trinajstić information content (AvgIpc) is 2.70. The summed E-state index contributed by atoms with van der Waals surface area (Å²) in [6.45, 7) is 4.05. The lowest BCUT2D eigenvalue weighted by molar-refractivity contribution is -0.129. The number of aromatic nitrogens is 2. The number of thiophene rings is 1. The van der Waals surface area contributed by atoms with Gasteiger partial charge in [0.05, 0.1) is 10.3 Å². The van der Waals surface area contributed by atoms with Crippen LogP contribution >= 0.6 is 11.3 Å². The summed E-state index contributed by atoms with van der Waals surface area (Å²) < 4.78 is 0.998. The van der Waals surface area contributed by atoms with Crippen LogP contribution in [0.4, 0.5) is 0 Å². The minimum Gasteiger partial charge on any atom is -0.365 e. The van der Waals surface area contributed by atoms with Crippen molar-refractivity contribution in [3.8, 4) is 0 Å². The summed E-state index contributed by atoms with van der Waals surface area (Å²) in [6, 6.07) is -1.20. The highest BCUT2D eigenvalue weighted by atomic mass is 32.1. The van der Waals surface area contributed by atoms with E-state index in [1.54, 1.807) is 6.92 Å². The Balaban J connectivity index is 2.81. The van der Waals surface area contributed by atoms with Gasteiger partial charge in [-0.25, -0.2) is 4.98 Å². The molecule has 110 valence electrons. The van der Waals surface area contributed by atoms with Crippen molar-refractivity contribution in [2.75, 3.05) is 0 Å². The van der Waals surface area contributed by atoms with Gasteiger partial charge in [0.2, 0.25) is 0 Å². The minimum atomic E-state index is -1.20. The summed E-state index contributed by atoms with van der Waals surface area (Å²) in [5.74, 6) is -1.54. The van der Waals surface area contributed by atoms with Gasteiger partial charge in [0.1, 0.15) is 11.2 Å². The third kappa shape index (κ3) is 2.38. The Bertz CT molecular complexity index is 820. The first kappa shape index (κ1) is 15.0. The third-order valence-electron chi connectivity index (χ3n) is 3.15. The summed E-state index contributed by atoms with van der Waals surface area (Å²) in [5.41, 5.74) is 5.14. The van der Waals surface area contributed by atoms with Gasteiger partial charge in [-0.05, 0) is 26.3 Å². The van der Waals surface area contributed by atoms with E-state index in [2.05, 4.69) is 4.98 Å². The molecule has 0 spiro atoms. The van der Waals surface area contributed by atoms with Gasteiger partial charge >= 0.3 is 0 Å². The molecule has 7 nitrogen and oxygen atoms in total. The fourth-order valence-corrected chi connectivity index (χ4v) is 3.23. The second kappa shape index (κ2) is 5.21. The van der Waals surface area contributed by atoms with E-state index in [0.29, 0.717) is 10.4 Å². The van der Waals surface area contributed by atoms with Crippen LogP contribution < -0.4 is 11.3 Å². The molecule has 0 radical (unpaired) electrons. The maximum Gasteiger partial charge on any atom is 0.263 e. The lowest BCUT2D eigenvalue weighted by Crippen LogP contribution is -2.33. The van der Waals surface area contributed by atoms with Crippen LogP contribution in [-0.4, -0.2) is 27.0 Å². The third-order valence-corrected chi connectivity index (χ3v) is 4.36. The molecule has 0 aromatic carbocycles. The van der Waals surface area contributed by atoms with Crippen LogP contribution in [0.3, 0.4) is 0 Å². The van der Waals surface area contributed by atoms with Crippen molar-refractivity contribution < 1.29 is 14.4 Å². The van der Waals surface area contributed by atoms with Crippen LogP contribution in [0.2, 0.25) is 0 Å². The summed E-state index contributed by atoms with van der Waals surface area (Å²) in [7, 11) is 0. The van der Waals surface area contributed by atoms with Gasteiger partial charge in [-0.2, -0.15) is 0 Å². The molecule has 8 heteroatoms. The van der Waals surface area contributed by atoms with E-state index in [0.717, 1.165) is 22.2 Å². The number of nitrogens with zero attached hydrogens (tertiary/aromatic N) is 2. The van der Waals surface area contributed by atoms with Gasteiger partial charge in [-0.1, -0.05) is 0 Å². The molecule has 2 heterocycles. The zero-order chi connectivity index (χ0) is 15.9. The highest BCUT2D eigenvalue weighted by molar-refractivity contribution is 7.20. The second-order valence-electron chi connectivity index (χ2n) is 4.68. The summed E-state index contributed by atoms with van der Waals surface area (Å²) >= 11 is 1.01. The monoisotopic (exact) mass is 307 g/mol. The topological polar surface area (TPSA) is 112 Å². The lowest BCUT2D eigenvalue weighted by Gasteiger charge is -2.13. The quantitative estimate of drug-likeness (QED) is 0.830. The Morgan fingerprint density at radius 3 is 2.33 bits per heavy atom. The summed E-state index contributed by atoms with van der Waals surface area (Å²) in [6.07, 6.45) is 1.15. The molecule has 2 rings (SSSR count). The number of fused-ring (bicyclic) bond motifs is 1. The molecule has 2 aromatic heterocycles. The van der Waals surface area contributed by atoms with Crippen molar-refractivity contribution >= 4 is 39.0 Å². The van der Waals surface area contributed by atoms with Crippen LogP contribution in [0.25, 0.3) is 10.2 Å². The highest BCUT2D eigenvalue weighted by Gasteiger charge is 2.25. The lowest BCUT2D eigenvalue weighted by atomic mass is 10.1. The first-order valence-electron chi connectivity index (χ1n) is 6.06. The van der Waals surface area contributed by atoms with Crippen LogP contribution in [0.15, 0.2) is 11.1 Å². The fraction of sp³-hybridized carbons (Fsp3) is 0.308. The number of primary amides is 1. The van der Waals surface area contributed by atoms with Gasteiger partial charge < -0.3 is 5.73 Å². The predicted molar refractivity (Wildman–Crippen MR) is 77.5 cm³/mol. The molecular formula is C13H13N3O4S. The number of carbonyl (C=O) groups excluding carboxylic acids is 3. The molecule has 0 atom stereocenters. The Hall–Kier alpha value is -2.35.